The normalized spacial score (nSPS) is 11.9. The molecule has 172 valence electrons. The Bertz CT molecular complexity index is 947. The van der Waals surface area contributed by atoms with Crippen molar-refractivity contribution in [2.75, 3.05) is 13.7 Å². The van der Waals surface area contributed by atoms with E-state index in [1.54, 1.807) is 45.2 Å². The lowest BCUT2D eigenvalue weighted by Gasteiger charge is -2.20. The summed E-state index contributed by atoms with van der Waals surface area (Å²) in [4.78, 5) is 25.0. The standard InChI is InChI=1S/C24H30FN3O4/c1-5-6-13-32-20-12-11-17(14-21(20)31-4)15-26-28-24(30)22(16(2)3)27-23(29)18-9-7-8-10-19(18)25/h7-12,14-16,22H,5-6,13H2,1-4H3,(H,27,29)(H,28,30). The number of ether oxygens (including phenoxy) is 2. The number of hydrazone groups is 1. The molecule has 2 N–H and O–H groups in total. The number of benzene rings is 2. The fourth-order valence-electron chi connectivity index (χ4n) is 2.85. The fraction of sp³-hybridized carbons (Fsp3) is 0.375. The third kappa shape index (κ3) is 7.08. The van der Waals surface area contributed by atoms with Gasteiger partial charge in [0.25, 0.3) is 11.8 Å². The van der Waals surface area contributed by atoms with Crippen LogP contribution in [0.25, 0.3) is 0 Å². The van der Waals surface area contributed by atoms with Crippen molar-refractivity contribution < 1.29 is 23.5 Å². The zero-order valence-corrected chi connectivity index (χ0v) is 18.9. The van der Waals surface area contributed by atoms with Gasteiger partial charge in [-0.25, -0.2) is 9.82 Å². The summed E-state index contributed by atoms with van der Waals surface area (Å²) >= 11 is 0. The Hall–Kier alpha value is -3.42. The van der Waals surface area contributed by atoms with Crippen molar-refractivity contribution in [3.05, 3.63) is 59.4 Å². The first-order chi connectivity index (χ1) is 15.4. The van der Waals surface area contributed by atoms with Gasteiger partial charge in [0.2, 0.25) is 0 Å². The van der Waals surface area contributed by atoms with Crippen LogP contribution in [-0.2, 0) is 4.79 Å². The largest absolute Gasteiger partial charge is 0.493 e. The molecule has 0 radical (unpaired) electrons. The summed E-state index contributed by atoms with van der Waals surface area (Å²) in [6.07, 6.45) is 3.44. The molecule has 0 saturated carbocycles. The predicted octanol–water partition coefficient (Wildman–Crippen LogP) is 3.92. The lowest BCUT2D eigenvalue weighted by Crippen LogP contribution is -2.48. The zero-order chi connectivity index (χ0) is 23.5. The van der Waals surface area contributed by atoms with Gasteiger partial charge in [0.1, 0.15) is 11.9 Å². The summed E-state index contributed by atoms with van der Waals surface area (Å²) in [7, 11) is 1.55. The number of methoxy groups -OCH3 is 1. The van der Waals surface area contributed by atoms with E-state index in [1.165, 1.54) is 24.4 Å². The van der Waals surface area contributed by atoms with Crippen molar-refractivity contribution in [3.63, 3.8) is 0 Å². The number of nitrogens with zero attached hydrogens (tertiary/aromatic N) is 1. The highest BCUT2D eigenvalue weighted by Gasteiger charge is 2.25. The first-order valence-electron chi connectivity index (χ1n) is 10.6. The zero-order valence-electron chi connectivity index (χ0n) is 18.9. The molecule has 2 aromatic carbocycles. The van der Waals surface area contributed by atoms with Gasteiger partial charge < -0.3 is 14.8 Å². The summed E-state index contributed by atoms with van der Waals surface area (Å²) in [5, 5.41) is 6.55. The Morgan fingerprint density at radius 3 is 2.56 bits per heavy atom. The van der Waals surface area contributed by atoms with Gasteiger partial charge >= 0.3 is 0 Å². The van der Waals surface area contributed by atoms with Crippen LogP contribution in [0.5, 0.6) is 11.5 Å². The molecule has 1 unspecified atom stereocenters. The number of amides is 2. The lowest BCUT2D eigenvalue weighted by atomic mass is 10.0. The van der Waals surface area contributed by atoms with Gasteiger partial charge in [-0.05, 0) is 48.2 Å². The molecule has 0 saturated heterocycles. The average Bonchev–Trinajstić information content (AvgIpc) is 2.78. The highest BCUT2D eigenvalue weighted by atomic mass is 19.1. The summed E-state index contributed by atoms with van der Waals surface area (Å²) in [6.45, 7) is 6.24. The van der Waals surface area contributed by atoms with Crippen LogP contribution >= 0.6 is 0 Å². The van der Waals surface area contributed by atoms with Crippen molar-refractivity contribution >= 4 is 18.0 Å². The SMILES string of the molecule is CCCCOc1ccc(C=NNC(=O)C(NC(=O)c2ccccc2F)C(C)C)cc1OC. The third-order valence-corrected chi connectivity index (χ3v) is 4.69. The summed E-state index contributed by atoms with van der Waals surface area (Å²) < 4.78 is 24.9. The number of halogens is 1. The minimum atomic E-state index is -0.886. The van der Waals surface area contributed by atoms with Crippen LogP contribution in [0, 0.1) is 11.7 Å². The Morgan fingerprint density at radius 2 is 1.91 bits per heavy atom. The summed E-state index contributed by atoms with van der Waals surface area (Å²) in [6, 6.07) is 10.0. The Balaban J connectivity index is 2.02. The van der Waals surface area contributed by atoms with Gasteiger partial charge in [-0.1, -0.05) is 39.3 Å². The van der Waals surface area contributed by atoms with Gasteiger partial charge in [0, 0.05) is 0 Å². The van der Waals surface area contributed by atoms with E-state index >= 15 is 0 Å². The second kappa shape index (κ2) is 12.4. The van der Waals surface area contributed by atoms with E-state index < -0.39 is 23.7 Å². The van der Waals surface area contributed by atoms with Crippen LogP contribution in [0.3, 0.4) is 0 Å². The molecule has 0 aromatic heterocycles. The van der Waals surface area contributed by atoms with Crippen LogP contribution in [0.2, 0.25) is 0 Å². The summed E-state index contributed by atoms with van der Waals surface area (Å²) in [5.41, 5.74) is 3.00. The lowest BCUT2D eigenvalue weighted by molar-refractivity contribution is -0.123. The molecule has 0 fully saturated rings. The van der Waals surface area contributed by atoms with E-state index in [0.29, 0.717) is 23.7 Å². The maximum Gasteiger partial charge on any atom is 0.262 e. The predicted molar refractivity (Wildman–Crippen MR) is 122 cm³/mol. The first kappa shape index (κ1) is 24.8. The molecule has 2 rings (SSSR count). The van der Waals surface area contributed by atoms with Gasteiger partial charge in [-0.2, -0.15) is 5.10 Å². The molecule has 8 heteroatoms. The van der Waals surface area contributed by atoms with Gasteiger partial charge in [0.15, 0.2) is 11.5 Å². The van der Waals surface area contributed by atoms with Crippen LogP contribution in [0.4, 0.5) is 4.39 Å². The second-order valence-electron chi connectivity index (χ2n) is 7.52. The van der Waals surface area contributed by atoms with Gasteiger partial charge in [-0.15, -0.1) is 0 Å². The number of hydrogen-bond donors (Lipinski definition) is 2. The van der Waals surface area contributed by atoms with E-state index in [-0.39, 0.29) is 11.5 Å². The topological polar surface area (TPSA) is 89.0 Å². The van der Waals surface area contributed by atoms with E-state index in [2.05, 4.69) is 22.8 Å². The maximum atomic E-state index is 13.9. The molecular formula is C24H30FN3O4. The van der Waals surface area contributed by atoms with Gasteiger partial charge in [-0.3, -0.25) is 9.59 Å². The van der Waals surface area contributed by atoms with Crippen LogP contribution < -0.4 is 20.2 Å². The van der Waals surface area contributed by atoms with Crippen LogP contribution in [0.1, 0.15) is 49.5 Å². The molecule has 0 heterocycles. The van der Waals surface area contributed by atoms with E-state index in [1.807, 2.05) is 0 Å². The van der Waals surface area contributed by atoms with Gasteiger partial charge in [0.05, 0.1) is 25.5 Å². The summed E-state index contributed by atoms with van der Waals surface area (Å²) in [5.74, 6) is -0.856. The minimum absolute atomic E-state index is 0.122. The number of carbonyl (C=O) groups excluding carboxylic acids is 2. The monoisotopic (exact) mass is 443 g/mol. The number of rotatable bonds is 11. The molecule has 2 amide bonds. The molecule has 0 aliphatic carbocycles. The van der Waals surface area contributed by atoms with E-state index in [4.69, 9.17) is 9.47 Å². The molecule has 0 aliphatic rings. The second-order valence-corrected chi connectivity index (χ2v) is 7.52. The van der Waals surface area contributed by atoms with E-state index in [9.17, 15) is 14.0 Å². The van der Waals surface area contributed by atoms with Crippen molar-refractivity contribution in [2.24, 2.45) is 11.0 Å². The van der Waals surface area contributed by atoms with Crippen molar-refractivity contribution in [1.82, 2.24) is 10.7 Å². The molecular weight excluding hydrogens is 413 g/mol. The van der Waals surface area contributed by atoms with E-state index in [0.717, 1.165) is 12.8 Å². The van der Waals surface area contributed by atoms with Crippen LogP contribution in [0.15, 0.2) is 47.6 Å². The molecule has 2 aromatic rings. The van der Waals surface area contributed by atoms with Crippen molar-refractivity contribution in [1.29, 1.82) is 0 Å². The molecule has 0 bridgehead atoms. The Morgan fingerprint density at radius 1 is 1.16 bits per heavy atom. The number of unbranched alkanes of at least 4 members (excludes halogenated alkanes) is 1. The third-order valence-electron chi connectivity index (χ3n) is 4.69. The number of nitrogens with one attached hydrogen (secondary N) is 2. The highest BCUT2D eigenvalue weighted by Crippen LogP contribution is 2.27. The number of hydrogen-bond acceptors (Lipinski definition) is 5. The van der Waals surface area contributed by atoms with Crippen molar-refractivity contribution in [3.8, 4) is 11.5 Å². The van der Waals surface area contributed by atoms with Crippen LogP contribution in [-0.4, -0.2) is 37.8 Å². The molecule has 0 spiro atoms. The quantitative estimate of drug-likeness (QED) is 0.313. The fourth-order valence-corrected chi connectivity index (χ4v) is 2.85. The maximum absolute atomic E-state index is 13.9. The molecule has 7 nitrogen and oxygen atoms in total. The highest BCUT2D eigenvalue weighted by molar-refractivity contribution is 5.98. The van der Waals surface area contributed by atoms with Crippen molar-refractivity contribution in [2.45, 2.75) is 39.7 Å². The number of carbonyl (C=O) groups is 2. The smallest absolute Gasteiger partial charge is 0.262 e. The Labute approximate surface area is 188 Å². The molecule has 0 aliphatic heterocycles. The molecule has 1 atom stereocenters. The average molecular weight is 444 g/mol. The first-order valence-corrected chi connectivity index (χ1v) is 10.6. The Kier molecular flexibility index (Phi) is 9.66. The molecule has 32 heavy (non-hydrogen) atoms. The minimum Gasteiger partial charge on any atom is -0.493 e.